The van der Waals surface area contributed by atoms with Crippen LogP contribution >= 0.6 is 0 Å². The lowest BCUT2D eigenvalue weighted by atomic mass is 9.75. The number of aromatic carboxylic acids is 1. The van der Waals surface area contributed by atoms with E-state index in [2.05, 4.69) is 10.3 Å². The van der Waals surface area contributed by atoms with Crippen molar-refractivity contribution in [2.24, 2.45) is 11.3 Å². The number of allylic oxidation sites excluding steroid dienone is 2. The Balaban J connectivity index is 0.000000233. The van der Waals surface area contributed by atoms with Gasteiger partial charge in [-0.1, -0.05) is 50.3 Å². The molecule has 0 radical (unpaired) electrons. The van der Waals surface area contributed by atoms with Gasteiger partial charge in [0.25, 0.3) is 5.56 Å². The Bertz CT molecular complexity index is 1150. The van der Waals surface area contributed by atoms with Crippen molar-refractivity contribution in [1.29, 1.82) is 0 Å². The molecule has 1 aromatic heterocycles. The van der Waals surface area contributed by atoms with Crippen LogP contribution in [0.2, 0.25) is 0 Å². The number of aromatic nitrogens is 1. The van der Waals surface area contributed by atoms with E-state index >= 15 is 0 Å². The third-order valence-electron chi connectivity index (χ3n) is 5.11. The van der Waals surface area contributed by atoms with Crippen LogP contribution in [0.4, 0.5) is 0 Å². The first kappa shape index (κ1) is 24.5. The summed E-state index contributed by atoms with van der Waals surface area (Å²) in [5.41, 5.74) is -1.31. The number of fused-ring (bicyclic) bond motifs is 1. The lowest BCUT2D eigenvalue weighted by Crippen LogP contribution is -2.51. The van der Waals surface area contributed by atoms with Crippen LogP contribution in [0.3, 0.4) is 0 Å². The molecule has 9 heteroatoms. The second-order valence-electron chi connectivity index (χ2n) is 7.99. The number of hydrogen-bond acceptors (Lipinski definition) is 5. The van der Waals surface area contributed by atoms with Crippen molar-refractivity contribution in [2.75, 3.05) is 6.54 Å². The van der Waals surface area contributed by atoms with Gasteiger partial charge in [-0.3, -0.25) is 9.59 Å². The number of aromatic amines is 1. The minimum atomic E-state index is -1.24. The number of carboxylic acid groups (broad SMARTS) is 3. The topological polar surface area (TPSA) is 157 Å². The smallest absolute Gasteiger partial charge is 0.337 e. The van der Waals surface area contributed by atoms with E-state index in [9.17, 15) is 24.3 Å². The predicted octanol–water partition coefficient (Wildman–Crippen LogP) is 2.50. The zero-order valence-corrected chi connectivity index (χ0v) is 18.0. The van der Waals surface area contributed by atoms with Gasteiger partial charge in [0.1, 0.15) is 5.41 Å². The summed E-state index contributed by atoms with van der Waals surface area (Å²) in [4.78, 5) is 47.1. The van der Waals surface area contributed by atoms with E-state index in [4.69, 9.17) is 10.2 Å². The summed E-state index contributed by atoms with van der Waals surface area (Å²) in [6, 6.07) is 5.89. The van der Waals surface area contributed by atoms with E-state index in [1.165, 1.54) is 31.3 Å². The Kier molecular flexibility index (Phi) is 7.72. The molecule has 1 heterocycles. The number of aliphatic carboxylic acids is 2. The van der Waals surface area contributed by atoms with Crippen molar-refractivity contribution in [2.45, 2.75) is 26.8 Å². The second kappa shape index (κ2) is 10.1. The van der Waals surface area contributed by atoms with Gasteiger partial charge in [-0.2, -0.15) is 0 Å². The normalized spacial score (nSPS) is 19.8. The van der Waals surface area contributed by atoms with Gasteiger partial charge >= 0.3 is 17.9 Å². The highest BCUT2D eigenvalue weighted by Gasteiger charge is 2.44. The van der Waals surface area contributed by atoms with E-state index in [1.807, 2.05) is 13.8 Å². The van der Waals surface area contributed by atoms with Crippen molar-refractivity contribution in [3.63, 3.8) is 0 Å². The molecule has 32 heavy (non-hydrogen) atoms. The van der Waals surface area contributed by atoms with Crippen molar-refractivity contribution in [1.82, 2.24) is 10.3 Å². The fourth-order valence-corrected chi connectivity index (χ4v) is 3.32. The van der Waals surface area contributed by atoms with Gasteiger partial charge in [0.2, 0.25) is 0 Å². The minimum absolute atomic E-state index is 0.0862. The Morgan fingerprint density at radius 3 is 2.25 bits per heavy atom. The van der Waals surface area contributed by atoms with E-state index in [1.54, 1.807) is 24.3 Å². The number of rotatable bonds is 6. The van der Waals surface area contributed by atoms with Gasteiger partial charge in [0.05, 0.1) is 17.2 Å². The van der Waals surface area contributed by atoms with Crippen LogP contribution in [0.25, 0.3) is 10.8 Å². The SMILES string of the molecule is CC(C)CNC1C(C(=O)O)=CC=CC1(C)C(=O)O.O=C(O)c1c[nH]c(=O)c2ccccc12. The maximum atomic E-state index is 11.4. The third kappa shape index (κ3) is 5.30. The molecule has 0 amide bonds. The molecule has 1 aliphatic rings. The molecule has 0 saturated heterocycles. The summed E-state index contributed by atoms with van der Waals surface area (Å²) in [5.74, 6) is -2.86. The number of benzene rings is 1. The number of carbonyl (C=O) groups is 3. The number of hydrogen-bond donors (Lipinski definition) is 5. The monoisotopic (exact) mass is 442 g/mol. The number of nitrogens with one attached hydrogen (secondary N) is 2. The van der Waals surface area contributed by atoms with E-state index in [0.29, 0.717) is 23.2 Å². The summed E-state index contributed by atoms with van der Waals surface area (Å²) in [6.07, 6.45) is 5.68. The lowest BCUT2D eigenvalue weighted by molar-refractivity contribution is -0.146. The fourth-order valence-electron chi connectivity index (χ4n) is 3.32. The second-order valence-corrected chi connectivity index (χ2v) is 7.99. The summed E-state index contributed by atoms with van der Waals surface area (Å²) in [6.45, 7) is 6.05. The number of H-pyrrole nitrogens is 1. The highest BCUT2D eigenvalue weighted by molar-refractivity contribution is 6.02. The number of carboxylic acids is 3. The molecule has 0 saturated carbocycles. The van der Waals surface area contributed by atoms with Crippen molar-refractivity contribution < 1.29 is 29.7 Å². The Labute approximate surface area is 184 Å². The molecule has 1 aliphatic carbocycles. The highest BCUT2D eigenvalue weighted by Crippen LogP contribution is 2.32. The molecule has 2 atom stereocenters. The standard InChI is InChI=1S/C13H19NO4.C10H7NO3/c1-8(2)7-14-10-9(11(15)16)5-4-6-13(10,3)12(17)18;12-9-7-4-2-1-3-6(7)8(5-11-9)10(13)14/h4-6,8,10,14H,7H2,1-3H3,(H,15,16)(H,17,18);1-5H,(H,11,12)(H,13,14). The molecule has 0 bridgehead atoms. The Hall–Kier alpha value is -3.72. The van der Waals surface area contributed by atoms with Gasteiger partial charge < -0.3 is 25.6 Å². The van der Waals surface area contributed by atoms with Crippen LogP contribution in [0, 0.1) is 11.3 Å². The van der Waals surface area contributed by atoms with Gasteiger partial charge in [-0.15, -0.1) is 0 Å². The zero-order valence-electron chi connectivity index (χ0n) is 18.0. The predicted molar refractivity (Wildman–Crippen MR) is 119 cm³/mol. The zero-order chi connectivity index (χ0) is 24.1. The Morgan fingerprint density at radius 1 is 1.09 bits per heavy atom. The molecule has 9 nitrogen and oxygen atoms in total. The third-order valence-corrected chi connectivity index (χ3v) is 5.11. The Morgan fingerprint density at radius 2 is 1.72 bits per heavy atom. The van der Waals surface area contributed by atoms with Crippen molar-refractivity contribution >= 4 is 28.7 Å². The molecule has 0 fully saturated rings. The van der Waals surface area contributed by atoms with Gasteiger partial charge in [0.15, 0.2) is 0 Å². The minimum Gasteiger partial charge on any atom is -0.481 e. The van der Waals surface area contributed by atoms with Gasteiger partial charge in [-0.25, -0.2) is 9.59 Å². The number of pyridine rings is 1. The quantitative estimate of drug-likeness (QED) is 0.457. The van der Waals surface area contributed by atoms with Crippen molar-refractivity contribution in [3.8, 4) is 0 Å². The average molecular weight is 442 g/mol. The van der Waals surface area contributed by atoms with Crippen molar-refractivity contribution in [3.05, 3.63) is 70.2 Å². The molecule has 3 rings (SSSR count). The molecule has 0 aliphatic heterocycles. The molecule has 2 aromatic rings. The van der Waals surface area contributed by atoms with Crippen LogP contribution in [0.5, 0.6) is 0 Å². The lowest BCUT2D eigenvalue weighted by Gasteiger charge is -2.35. The van der Waals surface area contributed by atoms with Crippen LogP contribution in [-0.2, 0) is 9.59 Å². The van der Waals surface area contributed by atoms with Crippen LogP contribution in [0.15, 0.2) is 59.1 Å². The summed E-state index contributed by atoms with van der Waals surface area (Å²) in [5, 5.41) is 31.2. The first-order valence-electron chi connectivity index (χ1n) is 9.92. The molecule has 170 valence electrons. The summed E-state index contributed by atoms with van der Waals surface area (Å²) >= 11 is 0. The molecular formula is C23H26N2O7. The summed E-state index contributed by atoms with van der Waals surface area (Å²) in [7, 11) is 0. The van der Waals surface area contributed by atoms with E-state index < -0.39 is 29.4 Å². The fraction of sp³-hybridized carbons (Fsp3) is 0.304. The molecule has 5 N–H and O–H groups in total. The largest absolute Gasteiger partial charge is 0.481 e. The van der Waals surface area contributed by atoms with Gasteiger partial charge in [-0.05, 0) is 25.5 Å². The first-order valence-corrected chi connectivity index (χ1v) is 9.92. The van der Waals surface area contributed by atoms with E-state index in [-0.39, 0.29) is 16.7 Å². The van der Waals surface area contributed by atoms with Crippen LogP contribution in [0.1, 0.15) is 31.1 Å². The summed E-state index contributed by atoms with van der Waals surface area (Å²) < 4.78 is 0. The first-order chi connectivity index (χ1) is 15.0. The van der Waals surface area contributed by atoms with Crippen LogP contribution in [-0.4, -0.2) is 50.8 Å². The molecular weight excluding hydrogens is 416 g/mol. The maximum Gasteiger partial charge on any atom is 0.337 e. The maximum absolute atomic E-state index is 11.4. The highest BCUT2D eigenvalue weighted by atomic mass is 16.4. The molecule has 2 unspecified atom stereocenters. The molecule has 1 aromatic carbocycles. The van der Waals surface area contributed by atoms with Crippen LogP contribution < -0.4 is 10.9 Å². The van der Waals surface area contributed by atoms with Gasteiger partial charge in [0, 0.05) is 17.0 Å². The van der Waals surface area contributed by atoms with E-state index in [0.717, 1.165) is 0 Å². The molecule has 0 spiro atoms. The average Bonchev–Trinajstić information content (AvgIpc) is 2.73.